The molecule has 0 heterocycles. The van der Waals surface area contributed by atoms with Crippen molar-refractivity contribution >= 4 is 5.91 Å². The highest BCUT2D eigenvalue weighted by Gasteiger charge is 2.24. The Morgan fingerprint density at radius 2 is 1.89 bits per heavy atom. The first kappa shape index (κ1) is 14.7. The molecule has 0 saturated carbocycles. The van der Waals surface area contributed by atoms with Crippen molar-refractivity contribution in [1.29, 1.82) is 0 Å². The van der Waals surface area contributed by atoms with Crippen molar-refractivity contribution in [3.05, 3.63) is 35.9 Å². The van der Waals surface area contributed by atoms with Crippen LogP contribution < -0.4 is 5.73 Å². The lowest BCUT2D eigenvalue weighted by atomic mass is 9.92. The van der Waals surface area contributed by atoms with Gasteiger partial charge in [-0.2, -0.15) is 0 Å². The quantitative estimate of drug-likeness (QED) is 0.868. The SMILES string of the molecule is CC(C(=O)N(C)CC(C)(C)CN)c1ccccc1. The van der Waals surface area contributed by atoms with Crippen molar-refractivity contribution in [3.8, 4) is 0 Å². The van der Waals surface area contributed by atoms with Crippen LogP contribution >= 0.6 is 0 Å². The summed E-state index contributed by atoms with van der Waals surface area (Å²) in [6, 6.07) is 9.86. The maximum Gasteiger partial charge on any atom is 0.229 e. The number of carbonyl (C=O) groups excluding carboxylic acids is 1. The second kappa shape index (κ2) is 6.01. The number of nitrogens with zero attached hydrogens (tertiary/aromatic N) is 1. The minimum Gasteiger partial charge on any atom is -0.345 e. The maximum atomic E-state index is 12.3. The zero-order valence-corrected chi connectivity index (χ0v) is 11.8. The Bertz CT molecular complexity index is 387. The van der Waals surface area contributed by atoms with Crippen molar-refractivity contribution < 1.29 is 4.79 Å². The summed E-state index contributed by atoms with van der Waals surface area (Å²) in [5, 5.41) is 0. The summed E-state index contributed by atoms with van der Waals surface area (Å²) in [5.41, 5.74) is 6.72. The third-order valence-electron chi connectivity index (χ3n) is 3.26. The van der Waals surface area contributed by atoms with Gasteiger partial charge in [-0.25, -0.2) is 0 Å². The summed E-state index contributed by atoms with van der Waals surface area (Å²) >= 11 is 0. The van der Waals surface area contributed by atoms with Gasteiger partial charge in [0, 0.05) is 13.6 Å². The molecule has 1 aromatic carbocycles. The molecule has 1 atom stereocenters. The van der Waals surface area contributed by atoms with Gasteiger partial charge in [-0.3, -0.25) is 4.79 Å². The molecular formula is C15H24N2O. The molecule has 0 aliphatic carbocycles. The normalized spacial score (nSPS) is 13.2. The summed E-state index contributed by atoms with van der Waals surface area (Å²) in [5.74, 6) is 0.0347. The zero-order chi connectivity index (χ0) is 13.8. The highest BCUT2D eigenvalue weighted by Crippen LogP contribution is 2.20. The minimum atomic E-state index is -0.107. The first-order chi connectivity index (χ1) is 8.37. The predicted molar refractivity (Wildman–Crippen MR) is 75.3 cm³/mol. The van der Waals surface area contributed by atoms with Crippen LogP contribution in [0.5, 0.6) is 0 Å². The zero-order valence-electron chi connectivity index (χ0n) is 11.8. The summed E-state index contributed by atoms with van der Waals surface area (Å²) < 4.78 is 0. The van der Waals surface area contributed by atoms with Gasteiger partial charge < -0.3 is 10.6 Å². The molecule has 1 amide bonds. The van der Waals surface area contributed by atoms with E-state index in [1.807, 2.05) is 44.3 Å². The van der Waals surface area contributed by atoms with Crippen LogP contribution in [0, 0.1) is 5.41 Å². The molecule has 0 bridgehead atoms. The fourth-order valence-electron chi connectivity index (χ4n) is 2.00. The molecular weight excluding hydrogens is 224 g/mol. The third kappa shape index (κ3) is 3.84. The Hall–Kier alpha value is -1.35. The fraction of sp³-hybridized carbons (Fsp3) is 0.533. The Morgan fingerprint density at radius 3 is 2.39 bits per heavy atom. The number of amides is 1. The van der Waals surface area contributed by atoms with Crippen molar-refractivity contribution in [3.63, 3.8) is 0 Å². The molecule has 0 aliphatic rings. The second-order valence-corrected chi connectivity index (χ2v) is 5.70. The van der Waals surface area contributed by atoms with Gasteiger partial charge in [0.1, 0.15) is 0 Å². The van der Waals surface area contributed by atoms with E-state index in [1.165, 1.54) is 0 Å². The highest BCUT2D eigenvalue weighted by molar-refractivity contribution is 5.83. The Kier molecular flexibility index (Phi) is 4.91. The van der Waals surface area contributed by atoms with E-state index in [4.69, 9.17) is 5.73 Å². The fourth-order valence-corrected chi connectivity index (χ4v) is 2.00. The van der Waals surface area contributed by atoms with Gasteiger partial charge in [0.05, 0.1) is 5.92 Å². The molecule has 1 aromatic rings. The monoisotopic (exact) mass is 248 g/mol. The summed E-state index contributed by atoms with van der Waals surface area (Å²) in [6.07, 6.45) is 0. The molecule has 2 N–H and O–H groups in total. The number of nitrogens with two attached hydrogens (primary N) is 1. The van der Waals surface area contributed by atoms with Crippen LogP contribution in [0.4, 0.5) is 0 Å². The topological polar surface area (TPSA) is 46.3 Å². The lowest BCUT2D eigenvalue weighted by Crippen LogP contribution is -2.41. The van der Waals surface area contributed by atoms with E-state index in [0.717, 1.165) is 5.56 Å². The molecule has 18 heavy (non-hydrogen) atoms. The van der Waals surface area contributed by atoms with Crippen molar-refractivity contribution in [2.75, 3.05) is 20.1 Å². The number of rotatable bonds is 5. The van der Waals surface area contributed by atoms with E-state index in [0.29, 0.717) is 13.1 Å². The van der Waals surface area contributed by atoms with E-state index in [9.17, 15) is 4.79 Å². The third-order valence-corrected chi connectivity index (χ3v) is 3.26. The standard InChI is InChI=1S/C15H24N2O/c1-12(13-8-6-5-7-9-13)14(18)17(4)11-15(2,3)10-16/h5-9,12H,10-11,16H2,1-4H3. The molecule has 100 valence electrons. The summed E-state index contributed by atoms with van der Waals surface area (Å²) in [6.45, 7) is 7.35. The number of hydrogen-bond donors (Lipinski definition) is 1. The maximum absolute atomic E-state index is 12.3. The molecule has 0 radical (unpaired) electrons. The van der Waals surface area contributed by atoms with Gasteiger partial charge in [-0.15, -0.1) is 0 Å². The molecule has 3 heteroatoms. The number of carbonyl (C=O) groups is 1. The van der Waals surface area contributed by atoms with Crippen molar-refractivity contribution in [1.82, 2.24) is 4.90 Å². The van der Waals surface area contributed by atoms with Crippen LogP contribution in [0.1, 0.15) is 32.3 Å². The van der Waals surface area contributed by atoms with E-state index < -0.39 is 0 Å². The van der Waals surface area contributed by atoms with E-state index in [1.54, 1.807) is 4.90 Å². The lowest BCUT2D eigenvalue weighted by Gasteiger charge is -2.30. The second-order valence-electron chi connectivity index (χ2n) is 5.70. The lowest BCUT2D eigenvalue weighted by molar-refractivity contribution is -0.132. The van der Waals surface area contributed by atoms with Crippen LogP contribution in [0.15, 0.2) is 30.3 Å². The van der Waals surface area contributed by atoms with Crippen LogP contribution in [-0.2, 0) is 4.79 Å². The Balaban J connectivity index is 2.70. The Labute approximate surface area is 110 Å². The van der Waals surface area contributed by atoms with E-state index in [-0.39, 0.29) is 17.2 Å². The number of benzene rings is 1. The summed E-state index contributed by atoms with van der Waals surface area (Å²) in [7, 11) is 1.85. The number of hydrogen-bond acceptors (Lipinski definition) is 2. The molecule has 0 spiro atoms. The molecule has 0 aromatic heterocycles. The molecule has 0 saturated heterocycles. The molecule has 0 aliphatic heterocycles. The molecule has 1 unspecified atom stereocenters. The van der Waals surface area contributed by atoms with Gasteiger partial charge in [0.2, 0.25) is 5.91 Å². The minimum absolute atomic E-state index is 0.0409. The molecule has 1 rings (SSSR count). The van der Waals surface area contributed by atoms with Crippen LogP contribution in [-0.4, -0.2) is 30.9 Å². The van der Waals surface area contributed by atoms with E-state index in [2.05, 4.69) is 13.8 Å². The van der Waals surface area contributed by atoms with Crippen LogP contribution in [0.25, 0.3) is 0 Å². The van der Waals surface area contributed by atoms with Gasteiger partial charge >= 0.3 is 0 Å². The van der Waals surface area contributed by atoms with Gasteiger partial charge in [-0.1, -0.05) is 44.2 Å². The highest BCUT2D eigenvalue weighted by atomic mass is 16.2. The number of likely N-dealkylation sites (N-methyl/N-ethyl adjacent to an activating group) is 1. The van der Waals surface area contributed by atoms with Crippen molar-refractivity contribution in [2.24, 2.45) is 11.1 Å². The Morgan fingerprint density at radius 1 is 1.33 bits per heavy atom. The average molecular weight is 248 g/mol. The molecule has 3 nitrogen and oxygen atoms in total. The molecule has 0 fully saturated rings. The predicted octanol–water partition coefficient (Wildman–Crippen LogP) is 2.23. The smallest absolute Gasteiger partial charge is 0.229 e. The van der Waals surface area contributed by atoms with Crippen molar-refractivity contribution in [2.45, 2.75) is 26.7 Å². The van der Waals surface area contributed by atoms with Gasteiger partial charge in [-0.05, 0) is 24.4 Å². The largest absolute Gasteiger partial charge is 0.345 e. The summed E-state index contributed by atoms with van der Waals surface area (Å²) in [4.78, 5) is 14.1. The van der Waals surface area contributed by atoms with Crippen LogP contribution in [0.2, 0.25) is 0 Å². The van der Waals surface area contributed by atoms with Gasteiger partial charge in [0.15, 0.2) is 0 Å². The first-order valence-corrected chi connectivity index (χ1v) is 6.37. The van der Waals surface area contributed by atoms with Crippen LogP contribution in [0.3, 0.4) is 0 Å². The average Bonchev–Trinajstić information content (AvgIpc) is 2.37. The van der Waals surface area contributed by atoms with Gasteiger partial charge in [0.25, 0.3) is 0 Å². The van der Waals surface area contributed by atoms with E-state index >= 15 is 0 Å². The first-order valence-electron chi connectivity index (χ1n) is 6.37.